The van der Waals surface area contributed by atoms with Gasteiger partial charge in [0.25, 0.3) is 0 Å². The average molecular weight is 427 g/mol. The van der Waals surface area contributed by atoms with Gasteiger partial charge in [0.1, 0.15) is 40.7 Å². The van der Waals surface area contributed by atoms with Crippen molar-refractivity contribution in [3.05, 3.63) is 59.5 Å². The van der Waals surface area contributed by atoms with Crippen molar-refractivity contribution >= 4 is 28.4 Å². The van der Waals surface area contributed by atoms with Crippen molar-refractivity contribution < 1.29 is 9.47 Å². The van der Waals surface area contributed by atoms with Crippen LogP contribution in [-0.2, 0) is 0 Å². The summed E-state index contributed by atoms with van der Waals surface area (Å²) in [5.41, 5.74) is 8.97. The van der Waals surface area contributed by atoms with Crippen LogP contribution >= 0.6 is 0 Å². The highest BCUT2D eigenvalue weighted by Crippen LogP contribution is 2.38. The third-order valence-corrected chi connectivity index (χ3v) is 5.14. The maximum Gasteiger partial charge on any atom is 0.234 e. The van der Waals surface area contributed by atoms with E-state index in [1.165, 1.54) is 6.33 Å². The molecule has 0 aliphatic rings. The molecule has 0 aliphatic carbocycles. The lowest BCUT2D eigenvalue weighted by Gasteiger charge is -2.20. The molecule has 0 unspecified atom stereocenters. The normalized spacial score (nSPS) is 10.6. The predicted molar refractivity (Wildman–Crippen MR) is 121 cm³/mol. The summed E-state index contributed by atoms with van der Waals surface area (Å²) >= 11 is 0. The molecular formula is C23H21N7O2. The predicted octanol–water partition coefficient (Wildman–Crippen LogP) is 4.06. The lowest BCUT2D eigenvalue weighted by Crippen LogP contribution is -2.14. The van der Waals surface area contributed by atoms with E-state index in [4.69, 9.17) is 20.2 Å². The number of nitrogens with two attached hydrogens (primary N) is 1. The minimum absolute atomic E-state index is 0.259. The van der Waals surface area contributed by atoms with E-state index in [1.807, 2.05) is 26.0 Å². The van der Waals surface area contributed by atoms with Crippen molar-refractivity contribution in [3.8, 4) is 23.4 Å². The van der Waals surface area contributed by atoms with E-state index >= 15 is 0 Å². The van der Waals surface area contributed by atoms with Crippen LogP contribution in [0.15, 0.2) is 42.9 Å². The van der Waals surface area contributed by atoms with Crippen LogP contribution in [0, 0.1) is 25.2 Å². The number of rotatable bonds is 5. The molecule has 0 atom stereocenters. The molecular weight excluding hydrogens is 406 g/mol. The van der Waals surface area contributed by atoms with E-state index in [2.05, 4.69) is 21.0 Å². The molecule has 0 spiro atoms. The first-order valence-electron chi connectivity index (χ1n) is 9.76. The van der Waals surface area contributed by atoms with Crippen LogP contribution in [0.1, 0.15) is 16.7 Å². The number of nitriles is 1. The van der Waals surface area contributed by atoms with Crippen molar-refractivity contribution in [2.45, 2.75) is 13.8 Å². The molecule has 2 N–H and O–H groups in total. The molecule has 3 aromatic heterocycles. The Hall–Kier alpha value is -4.45. The molecule has 0 fully saturated rings. The second-order valence-electron chi connectivity index (χ2n) is 7.15. The number of pyridine rings is 2. The number of aromatic nitrogens is 4. The van der Waals surface area contributed by atoms with Crippen LogP contribution < -0.4 is 20.1 Å². The summed E-state index contributed by atoms with van der Waals surface area (Å²) in [6.45, 7) is 3.85. The number of anilines is 3. The number of nitrogens with zero attached hydrogens (tertiary/aromatic N) is 6. The topological polar surface area (TPSA) is 123 Å². The van der Waals surface area contributed by atoms with Gasteiger partial charge in [-0.1, -0.05) is 6.07 Å². The molecule has 1 aromatic carbocycles. The summed E-state index contributed by atoms with van der Waals surface area (Å²) in [5, 5.41) is 9.72. The van der Waals surface area contributed by atoms with E-state index < -0.39 is 0 Å². The summed E-state index contributed by atoms with van der Waals surface area (Å²) in [6, 6.07) is 11.0. The third kappa shape index (κ3) is 3.70. The summed E-state index contributed by atoms with van der Waals surface area (Å²) in [6.07, 6.45) is 2.97. The van der Waals surface area contributed by atoms with Gasteiger partial charge < -0.3 is 20.1 Å². The first kappa shape index (κ1) is 20.8. The van der Waals surface area contributed by atoms with Crippen molar-refractivity contribution in [3.63, 3.8) is 0 Å². The summed E-state index contributed by atoms with van der Waals surface area (Å²) in [4.78, 5) is 19.3. The number of hydrogen-bond donors (Lipinski definition) is 1. The SMILES string of the molecule is COc1ccc(C)c(Oc2nc(N(C)c3cc(C#N)ccn3)cc3ncnc(N)c23)c1C. The van der Waals surface area contributed by atoms with Gasteiger partial charge in [0.05, 0.1) is 24.3 Å². The van der Waals surface area contributed by atoms with Crippen LogP contribution in [0.3, 0.4) is 0 Å². The van der Waals surface area contributed by atoms with Gasteiger partial charge in [-0.2, -0.15) is 10.2 Å². The molecule has 9 nitrogen and oxygen atoms in total. The molecule has 0 aliphatic heterocycles. The summed E-state index contributed by atoms with van der Waals surface area (Å²) in [7, 11) is 3.41. The Balaban J connectivity index is 1.88. The number of nitrogen functional groups attached to an aromatic ring is 1. The van der Waals surface area contributed by atoms with Gasteiger partial charge in [-0.15, -0.1) is 0 Å². The molecule has 4 aromatic rings. The zero-order valence-electron chi connectivity index (χ0n) is 18.1. The summed E-state index contributed by atoms with van der Waals surface area (Å²) < 4.78 is 11.7. The van der Waals surface area contributed by atoms with Gasteiger partial charge in [-0.05, 0) is 37.6 Å². The molecule has 0 bridgehead atoms. The van der Waals surface area contributed by atoms with Crippen LogP contribution in [0.25, 0.3) is 10.9 Å². The lowest BCUT2D eigenvalue weighted by atomic mass is 10.1. The molecule has 0 radical (unpaired) electrons. The highest BCUT2D eigenvalue weighted by molar-refractivity contribution is 5.94. The van der Waals surface area contributed by atoms with Gasteiger partial charge in [-0.3, -0.25) is 0 Å². The number of aryl methyl sites for hydroxylation is 1. The number of hydrogen-bond acceptors (Lipinski definition) is 9. The quantitative estimate of drug-likeness (QED) is 0.502. The fourth-order valence-corrected chi connectivity index (χ4v) is 3.37. The molecule has 0 saturated carbocycles. The Bertz CT molecular complexity index is 1360. The molecule has 160 valence electrons. The second kappa shape index (κ2) is 8.35. The monoisotopic (exact) mass is 427 g/mol. The lowest BCUT2D eigenvalue weighted by molar-refractivity contribution is 0.402. The largest absolute Gasteiger partial charge is 0.496 e. The van der Waals surface area contributed by atoms with E-state index in [1.54, 1.807) is 43.5 Å². The van der Waals surface area contributed by atoms with Gasteiger partial charge >= 0.3 is 0 Å². The fourth-order valence-electron chi connectivity index (χ4n) is 3.37. The van der Waals surface area contributed by atoms with Gasteiger partial charge in [0, 0.05) is 24.9 Å². The van der Waals surface area contributed by atoms with Gasteiger partial charge in [0.15, 0.2) is 0 Å². The van der Waals surface area contributed by atoms with Crippen molar-refractivity contribution in [1.82, 2.24) is 19.9 Å². The zero-order chi connectivity index (χ0) is 22.8. The minimum Gasteiger partial charge on any atom is -0.496 e. The van der Waals surface area contributed by atoms with Gasteiger partial charge in [-0.25, -0.2) is 15.0 Å². The molecule has 0 amide bonds. The first-order chi connectivity index (χ1) is 15.4. The third-order valence-electron chi connectivity index (χ3n) is 5.14. The minimum atomic E-state index is 0.259. The van der Waals surface area contributed by atoms with E-state index in [0.29, 0.717) is 39.6 Å². The first-order valence-corrected chi connectivity index (χ1v) is 9.76. The van der Waals surface area contributed by atoms with Crippen LogP contribution in [0.5, 0.6) is 17.4 Å². The van der Waals surface area contributed by atoms with Gasteiger partial charge in [0.2, 0.25) is 5.88 Å². The highest BCUT2D eigenvalue weighted by atomic mass is 16.5. The maximum atomic E-state index is 9.22. The van der Waals surface area contributed by atoms with E-state index in [0.717, 1.165) is 11.1 Å². The Kier molecular flexibility index (Phi) is 5.43. The average Bonchev–Trinajstić information content (AvgIpc) is 2.81. The fraction of sp³-hybridized carbons (Fsp3) is 0.174. The van der Waals surface area contributed by atoms with Crippen LogP contribution in [-0.4, -0.2) is 34.1 Å². The number of methoxy groups -OCH3 is 1. The zero-order valence-corrected chi connectivity index (χ0v) is 18.1. The Morgan fingerprint density at radius 1 is 1.06 bits per heavy atom. The number of fused-ring (bicyclic) bond motifs is 1. The molecule has 3 heterocycles. The number of ether oxygens (including phenoxy) is 2. The Morgan fingerprint density at radius 2 is 1.88 bits per heavy atom. The molecule has 32 heavy (non-hydrogen) atoms. The Labute approximate surface area is 185 Å². The van der Waals surface area contributed by atoms with Crippen molar-refractivity contribution in [1.29, 1.82) is 5.26 Å². The van der Waals surface area contributed by atoms with Crippen LogP contribution in [0.4, 0.5) is 17.5 Å². The smallest absolute Gasteiger partial charge is 0.234 e. The van der Waals surface area contributed by atoms with E-state index in [9.17, 15) is 5.26 Å². The second-order valence-corrected chi connectivity index (χ2v) is 7.15. The highest BCUT2D eigenvalue weighted by Gasteiger charge is 2.19. The molecule has 4 rings (SSSR count). The number of benzene rings is 1. The maximum absolute atomic E-state index is 9.22. The molecule has 9 heteroatoms. The van der Waals surface area contributed by atoms with Crippen LogP contribution in [0.2, 0.25) is 0 Å². The summed E-state index contributed by atoms with van der Waals surface area (Å²) in [5.74, 6) is 2.91. The standard InChI is InChI=1S/C23H21N7O2/c1-13-5-6-17(31-4)14(2)21(13)32-23-20-16(27-12-28-22(20)25)10-19(29-23)30(3)18-9-15(11-24)7-8-26-18/h5-10,12H,1-4H3,(H2,25,27,28). The van der Waals surface area contributed by atoms with Crippen molar-refractivity contribution in [2.24, 2.45) is 0 Å². The molecule has 0 saturated heterocycles. The van der Waals surface area contributed by atoms with Crippen molar-refractivity contribution in [2.75, 3.05) is 24.8 Å². The van der Waals surface area contributed by atoms with E-state index in [-0.39, 0.29) is 11.7 Å². The Morgan fingerprint density at radius 3 is 2.62 bits per heavy atom.